The molecule has 0 bridgehead atoms. The molecule has 0 fully saturated rings. The van der Waals surface area contributed by atoms with Crippen molar-refractivity contribution < 1.29 is 24.2 Å². The molecule has 0 aliphatic heterocycles. The fraction of sp³-hybridized carbons (Fsp3) is 0.522. The van der Waals surface area contributed by atoms with Crippen LogP contribution >= 0.6 is 0 Å². The summed E-state index contributed by atoms with van der Waals surface area (Å²) < 4.78 is 6.10. The number of amides is 3. The second-order valence-electron chi connectivity index (χ2n) is 7.83. The molecule has 9 nitrogen and oxygen atoms in total. The molecule has 0 unspecified atom stereocenters. The van der Waals surface area contributed by atoms with Gasteiger partial charge in [-0.05, 0) is 30.9 Å². The van der Waals surface area contributed by atoms with Crippen molar-refractivity contribution in [1.82, 2.24) is 21.5 Å². The van der Waals surface area contributed by atoms with Crippen molar-refractivity contribution in [2.75, 3.05) is 6.54 Å². The normalized spacial score (nSPS) is 20.4. The Hall–Kier alpha value is -2.91. The van der Waals surface area contributed by atoms with Gasteiger partial charge in [0.2, 0.25) is 5.91 Å². The molecule has 0 saturated heterocycles. The van der Waals surface area contributed by atoms with Crippen LogP contribution in [0, 0.1) is 0 Å². The molecule has 0 radical (unpaired) electrons. The average molecular weight is 447 g/mol. The number of aliphatic carboxylic acids is 1. The number of ether oxygens (including phenoxy) is 1. The van der Waals surface area contributed by atoms with E-state index in [2.05, 4.69) is 21.5 Å². The summed E-state index contributed by atoms with van der Waals surface area (Å²) in [5, 5.41) is 15.2. The third-order valence-electron chi connectivity index (χ3n) is 5.40. The number of carboxylic acid groups (broad SMARTS) is 1. The average Bonchev–Trinajstić information content (AvgIpc) is 2.77. The van der Waals surface area contributed by atoms with E-state index in [9.17, 15) is 19.5 Å². The highest BCUT2D eigenvalue weighted by molar-refractivity contribution is 5.87. The minimum atomic E-state index is -1.07. The third kappa shape index (κ3) is 7.97. The lowest BCUT2D eigenvalue weighted by molar-refractivity contribution is -0.133. The molecule has 1 aliphatic rings. The molecule has 176 valence electrons. The molecule has 0 saturated carbocycles. The standard InChI is InChI=1S/C23H34N4O5/c1-4-18(5-2)32-20-14-17(22(29)30)13-19(21(20)25-15(3)28)26-23(31)27-24-12-11-16-9-7-6-8-10-16/h6-10,14,18-21,24H,4-5,11-13H2,1-3H3,(H,25,28)(H,29,30)(H2,26,27,31)/t19-,20+,21+/m0/s1. The van der Waals surface area contributed by atoms with Crippen molar-refractivity contribution in [2.24, 2.45) is 0 Å². The van der Waals surface area contributed by atoms with Gasteiger partial charge in [0, 0.05) is 25.5 Å². The van der Waals surface area contributed by atoms with E-state index >= 15 is 0 Å². The molecular weight excluding hydrogens is 412 g/mol. The first-order valence-electron chi connectivity index (χ1n) is 11.0. The summed E-state index contributed by atoms with van der Waals surface area (Å²) in [4.78, 5) is 36.0. The van der Waals surface area contributed by atoms with E-state index in [1.807, 2.05) is 44.2 Å². The lowest BCUT2D eigenvalue weighted by atomic mass is 9.87. The fourth-order valence-electron chi connectivity index (χ4n) is 3.71. The SMILES string of the molecule is CCC(CC)O[C@@H]1C=C(C(=O)O)C[C@H](NC(=O)NNCCc2ccccc2)[C@H]1NC(C)=O. The lowest BCUT2D eigenvalue weighted by Gasteiger charge is -2.38. The molecule has 0 aromatic heterocycles. The van der Waals surface area contributed by atoms with Crippen molar-refractivity contribution >= 4 is 17.9 Å². The Morgan fingerprint density at radius 2 is 1.81 bits per heavy atom. The highest BCUT2D eigenvalue weighted by atomic mass is 16.5. The number of carbonyl (C=O) groups excluding carboxylic acids is 2. The summed E-state index contributed by atoms with van der Waals surface area (Å²) in [6, 6.07) is 8.10. The monoisotopic (exact) mass is 446 g/mol. The minimum Gasteiger partial charge on any atom is -0.478 e. The van der Waals surface area contributed by atoms with E-state index in [0.717, 1.165) is 24.8 Å². The first-order valence-corrected chi connectivity index (χ1v) is 11.0. The molecule has 1 aromatic rings. The zero-order valence-corrected chi connectivity index (χ0v) is 18.9. The number of hydrazine groups is 1. The van der Waals surface area contributed by atoms with Crippen LogP contribution in [0.4, 0.5) is 4.79 Å². The number of hydrogen-bond donors (Lipinski definition) is 5. The quantitative estimate of drug-likeness (QED) is 0.261. The molecule has 3 amide bonds. The number of rotatable bonds is 11. The van der Waals surface area contributed by atoms with E-state index < -0.39 is 30.2 Å². The maximum absolute atomic E-state index is 12.5. The highest BCUT2D eigenvalue weighted by Crippen LogP contribution is 2.24. The van der Waals surface area contributed by atoms with E-state index in [1.165, 1.54) is 13.0 Å². The largest absolute Gasteiger partial charge is 0.478 e. The third-order valence-corrected chi connectivity index (χ3v) is 5.40. The van der Waals surface area contributed by atoms with Crippen LogP contribution in [0.5, 0.6) is 0 Å². The zero-order valence-electron chi connectivity index (χ0n) is 18.9. The number of hydrogen-bond acceptors (Lipinski definition) is 5. The highest BCUT2D eigenvalue weighted by Gasteiger charge is 2.38. The van der Waals surface area contributed by atoms with E-state index in [-0.39, 0.29) is 24.0 Å². The molecule has 1 aliphatic carbocycles. The summed E-state index contributed by atoms with van der Waals surface area (Å²) in [5.41, 5.74) is 6.72. The van der Waals surface area contributed by atoms with Crippen LogP contribution in [0.25, 0.3) is 0 Å². The number of carbonyl (C=O) groups is 3. The van der Waals surface area contributed by atoms with Gasteiger partial charge in [0.25, 0.3) is 0 Å². The Kier molecular flexibility index (Phi) is 10.2. The van der Waals surface area contributed by atoms with Crippen LogP contribution in [-0.2, 0) is 20.7 Å². The molecule has 0 heterocycles. The second-order valence-corrected chi connectivity index (χ2v) is 7.83. The summed E-state index contributed by atoms with van der Waals surface area (Å²) in [7, 11) is 0. The fourth-order valence-corrected chi connectivity index (χ4v) is 3.71. The van der Waals surface area contributed by atoms with Crippen molar-refractivity contribution in [1.29, 1.82) is 0 Å². The number of urea groups is 1. The predicted molar refractivity (Wildman–Crippen MR) is 121 cm³/mol. The summed E-state index contributed by atoms with van der Waals surface area (Å²) in [5.74, 6) is -1.36. The molecule has 9 heteroatoms. The summed E-state index contributed by atoms with van der Waals surface area (Å²) >= 11 is 0. The van der Waals surface area contributed by atoms with Crippen LogP contribution in [0.15, 0.2) is 42.0 Å². The first kappa shape index (κ1) is 25.4. The van der Waals surface area contributed by atoms with Gasteiger partial charge in [-0.25, -0.2) is 15.0 Å². The van der Waals surface area contributed by atoms with E-state index in [4.69, 9.17) is 4.74 Å². The van der Waals surface area contributed by atoms with Crippen LogP contribution in [0.3, 0.4) is 0 Å². The first-order chi connectivity index (χ1) is 15.3. The lowest BCUT2D eigenvalue weighted by Crippen LogP contribution is -2.61. The van der Waals surface area contributed by atoms with Gasteiger partial charge < -0.3 is 20.5 Å². The Morgan fingerprint density at radius 1 is 1.12 bits per heavy atom. The van der Waals surface area contributed by atoms with Crippen LogP contribution in [-0.4, -0.2) is 53.9 Å². The van der Waals surface area contributed by atoms with Crippen molar-refractivity contribution in [3.05, 3.63) is 47.5 Å². The Balaban J connectivity index is 2.03. The van der Waals surface area contributed by atoms with Crippen molar-refractivity contribution in [3.8, 4) is 0 Å². The predicted octanol–water partition coefficient (Wildman–Crippen LogP) is 1.89. The van der Waals surface area contributed by atoms with Gasteiger partial charge in [0.1, 0.15) is 0 Å². The molecule has 1 aromatic carbocycles. The van der Waals surface area contributed by atoms with Crippen molar-refractivity contribution in [2.45, 2.75) is 70.7 Å². The number of benzene rings is 1. The maximum atomic E-state index is 12.5. The van der Waals surface area contributed by atoms with Gasteiger partial charge in [-0.2, -0.15) is 0 Å². The molecular formula is C23H34N4O5. The van der Waals surface area contributed by atoms with Gasteiger partial charge in [-0.1, -0.05) is 44.2 Å². The van der Waals surface area contributed by atoms with Crippen molar-refractivity contribution in [3.63, 3.8) is 0 Å². The molecule has 5 N–H and O–H groups in total. The molecule has 2 rings (SSSR count). The second kappa shape index (κ2) is 12.8. The summed E-state index contributed by atoms with van der Waals surface area (Å²) in [6.07, 6.45) is 3.08. The van der Waals surface area contributed by atoms with Gasteiger partial charge >= 0.3 is 12.0 Å². The molecule has 32 heavy (non-hydrogen) atoms. The zero-order chi connectivity index (χ0) is 23.5. The number of carboxylic acids is 1. The molecule has 0 spiro atoms. The van der Waals surface area contributed by atoms with Gasteiger partial charge in [0.15, 0.2) is 0 Å². The molecule has 3 atom stereocenters. The Labute approximate surface area is 189 Å². The van der Waals surface area contributed by atoms with Crippen LogP contribution < -0.4 is 21.5 Å². The van der Waals surface area contributed by atoms with Gasteiger partial charge in [-0.3, -0.25) is 10.2 Å². The Bertz CT molecular complexity index is 795. The number of nitrogens with one attached hydrogen (secondary N) is 4. The van der Waals surface area contributed by atoms with Crippen LogP contribution in [0.2, 0.25) is 0 Å². The summed E-state index contributed by atoms with van der Waals surface area (Å²) in [6.45, 7) is 5.87. The maximum Gasteiger partial charge on any atom is 0.331 e. The van der Waals surface area contributed by atoms with Gasteiger partial charge in [0.05, 0.1) is 24.3 Å². The van der Waals surface area contributed by atoms with E-state index in [1.54, 1.807) is 0 Å². The van der Waals surface area contributed by atoms with E-state index in [0.29, 0.717) is 6.54 Å². The smallest absolute Gasteiger partial charge is 0.331 e. The van der Waals surface area contributed by atoms with Crippen LogP contribution in [0.1, 0.15) is 45.6 Å². The minimum absolute atomic E-state index is 0.0699. The Morgan fingerprint density at radius 3 is 2.41 bits per heavy atom. The topological polar surface area (TPSA) is 129 Å². The van der Waals surface area contributed by atoms with Gasteiger partial charge in [-0.15, -0.1) is 0 Å².